The Labute approximate surface area is 169 Å². The fourth-order valence-electron chi connectivity index (χ4n) is 3.47. The number of carbonyl (C=O) groups is 1. The van der Waals surface area contributed by atoms with Gasteiger partial charge in [-0.1, -0.05) is 36.4 Å². The van der Waals surface area contributed by atoms with Gasteiger partial charge < -0.3 is 18.3 Å². The molecule has 2 aromatic carbocycles. The molecule has 0 radical (unpaired) electrons. The first-order valence-corrected chi connectivity index (χ1v) is 15.5. The van der Waals surface area contributed by atoms with Crippen molar-refractivity contribution in [1.82, 2.24) is 0 Å². The lowest BCUT2D eigenvalue weighted by molar-refractivity contribution is 0.121. The third-order valence-electron chi connectivity index (χ3n) is 4.31. The van der Waals surface area contributed by atoms with E-state index in [2.05, 4.69) is 37.0 Å². The van der Waals surface area contributed by atoms with E-state index in [0.717, 1.165) is 23.4 Å². The van der Waals surface area contributed by atoms with Crippen molar-refractivity contribution in [1.29, 1.82) is 0 Å². The van der Waals surface area contributed by atoms with Crippen LogP contribution in [0.25, 0.3) is 0 Å². The lowest BCUT2D eigenvalue weighted by Crippen LogP contribution is -2.47. The topological polar surface area (TPSA) is 54.0 Å². The summed E-state index contributed by atoms with van der Waals surface area (Å²) >= 11 is 0. The number of ether oxygens (including phenoxy) is 3. The van der Waals surface area contributed by atoms with Crippen LogP contribution in [-0.4, -0.2) is 37.0 Å². The molecule has 0 saturated carbocycles. The summed E-state index contributed by atoms with van der Waals surface area (Å²) in [7, 11) is -1.05. The summed E-state index contributed by atoms with van der Waals surface area (Å²) in [4.78, 5) is 11.5. The molecule has 7 heteroatoms. The van der Waals surface area contributed by atoms with E-state index in [1.54, 1.807) is 13.2 Å². The highest BCUT2D eigenvalue weighted by molar-refractivity contribution is 6.84. The van der Waals surface area contributed by atoms with Crippen molar-refractivity contribution in [2.24, 2.45) is 0 Å². The Balaban J connectivity index is 2.13. The predicted octanol–water partition coefficient (Wildman–Crippen LogP) is 5.13. The maximum Gasteiger partial charge on any atom is 0.513 e. The molecule has 0 spiro atoms. The molecule has 0 aliphatic rings. The summed E-state index contributed by atoms with van der Waals surface area (Å²) in [6, 6.07) is 17.3. The zero-order chi connectivity index (χ0) is 20.8. The van der Waals surface area contributed by atoms with E-state index in [-0.39, 0.29) is 0 Å². The van der Waals surface area contributed by atoms with Crippen molar-refractivity contribution in [3.8, 4) is 11.5 Å². The summed E-state index contributed by atoms with van der Waals surface area (Å²) in [5, 5.41) is 0. The molecule has 0 aromatic heterocycles. The molecule has 0 bridgehead atoms. The van der Waals surface area contributed by atoms with Crippen molar-refractivity contribution in [2.45, 2.75) is 38.3 Å². The molecule has 0 atom stereocenters. The molecule has 2 aromatic rings. The second-order valence-electron chi connectivity index (χ2n) is 7.95. The first kappa shape index (κ1) is 22.2. The van der Waals surface area contributed by atoms with Gasteiger partial charge in [-0.3, -0.25) is 0 Å². The van der Waals surface area contributed by atoms with E-state index in [9.17, 15) is 4.79 Å². The van der Waals surface area contributed by atoms with Gasteiger partial charge in [0.05, 0.1) is 14.2 Å². The van der Waals surface area contributed by atoms with E-state index in [1.165, 1.54) is 12.7 Å². The Kier molecular flexibility index (Phi) is 7.45. The first-order valence-electron chi connectivity index (χ1n) is 9.31. The lowest BCUT2D eigenvalue weighted by Gasteiger charge is -2.34. The minimum absolute atomic E-state index is 0.530. The number of rotatable bonds is 8. The molecule has 0 unspecified atom stereocenters. The maximum absolute atomic E-state index is 11.5. The second kappa shape index (κ2) is 9.40. The number of para-hydroxylation sites is 2. The predicted molar refractivity (Wildman–Crippen MR) is 116 cm³/mol. The summed E-state index contributed by atoms with van der Waals surface area (Å²) < 4.78 is 22.2. The quantitative estimate of drug-likeness (QED) is 0.338. The van der Waals surface area contributed by atoms with Gasteiger partial charge in [-0.05, 0) is 61.5 Å². The number of carbonyl (C=O) groups excluding carboxylic acids is 1. The van der Waals surface area contributed by atoms with Gasteiger partial charge in [0.25, 0.3) is 0 Å². The van der Waals surface area contributed by atoms with Gasteiger partial charge in [0.1, 0.15) is 11.5 Å². The van der Waals surface area contributed by atoms with Crippen LogP contribution in [-0.2, 0) is 20.9 Å². The van der Waals surface area contributed by atoms with Crippen LogP contribution < -0.4 is 9.47 Å². The summed E-state index contributed by atoms with van der Waals surface area (Å²) in [5.41, 5.74) is 2.15. The van der Waals surface area contributed by atoms with Crippen molar-refractivity contribution in [3.63, 3.8) is 0 Å². The minimum Gasteiger partial charge on any atom is -0.496 e. The Morgan fingerprint density at radius 3 is 1.75 bits per heavy atom. The molecule has 2 rings (SSSR count). The largest absolute Gasteiger partial charge is 0.513 e. The average molecular weight is 419 g/mol. The van der Waals surface area contributed by atoms with Gasteiger partial charge in [-0.15, -0.1) is 0 Å². The maximum atomic E-state index is 11.5. The van der Waals surface area contributed by atoms with Crippen molar-refractivity contribution >= 4 is 22.8 Å². The average Bonchev–Trinajstić information content (AvgIpc) is 2.62. The molecule has 0 fully saturated rings. The van der Waals surface area contributed by atoms with E-state index in [4.69, 9.17) is 13.6 Å². The minimum atomic E-state index is -2.06. The summed E-state index contributed by atoms with van der Waals surface area (Å²) in [5.74, 6) is 1.44. The number of hydrogen-bond donors (Lipinski definition) is 0. The highest BCUT2D eigenvalue weighted by Crippen LogP contribution is 2.28. The highest BCUT2D eigenvalue weighted by Gasteiger charge is 2.34. The number of methoxy groups -OCH3 is 2. The van der Waals surface area contributed by atoms with Crippen LogP contribution in [0.2, 0.25) is 26.2 Å². The van der Waals surface area contributed by atoms with Crippen molar-refractivity contribution in [3.05, 3.63) is 59.7 Å². The smallest absolute Gasteiger partial charge is 0.496 e. The van der Waals surface area contributed by atoms with E-state index in [1.807, 2.05) is 36.4 Å². The third kappa shape index (κ3) is 6.51. The normalized spacial score (nSPS) is 11.8. The van der Waals surface area contributed by atoms with Gasteiger partial charge in [0.2, 0.25) is 0 Å². The molecule has 0 N–H and O–H groups in total. The fraction of sp³-hybridized carbons (Fsp3) is 0.381. The van der Waals surface area contributed by atoms with E-state index >= 15 is 0 Å². The van der Waals surface area contributed by atoms with Gasteiger partial charge in [-0.25, -0.2) is 4.79 Å². The summed E-state index contributed by atoms with van der Waals surface area (Å²) in [6.45, 7) is 8.90. The molecular weight excluding hydrogens is 388 g/mol. The SMILES string of the molecule is COC(=O)Oc1ccccc1C[Si](C)(C)O[Si](C)(C)Cc1ccccc1OC. The monoisotopic (exact) mass is 418 g/mol. The Morgan fingerprint density at radius 1 is 0.786 bits per heavy atom. The third-order valence-corrected chi connectivity index (χ3v) is 11.2. The molecule has 0 aliphatic carbocycles. The van der Waals surface area contributed by atoms with Crippen molar-refractivity contribution < 1.29 is 23.1 Å². The Morgan fingerprint density at radius 2 is 1.25 bits per heavy atom. The van der Waals surface area contributed by atoms with Crippen LogP contribution in [0.5, 0.6) is 11.5 Å². The Bertz CT molecular complexity index is 805. The number of hydrogen-bond acceptors (Lipinski definition) is 5. The second-order valence-corrected chi connectivity index (χ2v) is 16.5. The first-order chi connectivity index (χ1) is 13.2. The number of benzene rings is 2. The standard InChI is InChI=1S/C21H30O5Si2/c1-23-19-13-9-7-11-17(19)15-27(3,4)26-28(5,6)16-18-12-8-10-14-20(18)25-21(22)24-2/h7-14H,15-16H2,1-6H3. The van der Waals surface area contributed by atoms with Crippen LogP contribution in [0, 0.1) is 0 Å². The molecule has 0 heterocycles. The van der Waals surface area contributed by atoms with Gasteiger partial charge in [-0.2, -0.15) is 0 Å². The van der Waals surface area contributed by atoms with Crippen LogP contribution in [0.15, 0.2) is 48.5 Å². The molecule has 5 nitrogen and oxygen atoms in total. The van der Waals surface area contributed by atoms with E-state index < -0.39 is 22.8 Å². The molecular formula is C21H30O5Si2. The van der Waals surface area contributed by atoms with Gasteiger partial charge in [0.15, 0.2) is 16.6 Å². The van der Waals surface area contributed by atoms with Crippen LogP contribution in [0.4, 0.5) is 4.79 Å². The van der Waals surface area contributed by atoms with E-state index in [0.29, 0.717) is 5.75 Å². The lowest BCUT2D eigenvalue weighted by atomic mass is 10.2. The molecule has 0 amide bonds. The molecule has 28 heavy (non-hydrogen) atoms. The molecule has 0 saturated heterocycles. The Hall–Kier alpha value is -2.10. The summed E-state index contributed by atoms with van der Waals surface area (Å²) in [6.07, 6.45) is -0.710. The van der Waals surface area contributed by atoms with Crippen LogP contribution in [0.1, 0.15) is 11.1 Å². The fourth-order valence-corrected chi connectivity index (χ4v) is 12.4. The van der Waals surface area contributed by atoms with Gasteiger partial charge >= 0.3 is 6.16 Å². The highest BCUT2D eigenvalue weighted by atomic mass is 28.4. The van der Waals surface area contributed by atoms with Crippen LogP contribution in [0.3, 0.4) is 0 Å². The molecule has 152 valence electrons. The van der Waals surface area contributed by atoms with Gasteiger partial charge in [0, 0.05) is 0 Å². The van der Waals surface area contributed by atoms with Crippen molar-refractivity contribution in [2.75, 3.05) is 14.2 Å². The van der Waals surface area contributed by atoms with Crippen LogP contribution >= 0.6 is 0 Å². The zero-order valence-corrected chi connectivity index (χ0v) is 19.6. The molecule has 0 aliphatic heterocycles. The zero-order valence-electron chi connectivity index (χ0n) is 17.6.